The van der Waals surface area contributed by atoms with Crippen molar-refractivity contribution in [3.63, 3.8) is 0 Å². The Hall–Kier alpha value is -3.38. The topological polar surface area (TPSA) is 74.7 Å². The second kappa shape index (κ2) is 11.4. The number of fused-ring (bicyclic) bond motifs is 1. The Morgan fingerprint density at radius 3 is 2.59 bits per heavy atom. The number of hydrogen-bond acceptors (Lipinski definition) is 6. The minimum Gasteiger partial charge on any atom is -0.550 e. The van der Waals surface area contributed by atoms with Crippen LogP contribution in [-0.2, 0) is 17.8 Å². The van der Waals surface area contributed by atoms with Crippen LogP contribution in [0.4, 0.5) is 0 Å². The van der Waals surface area contributed by atoms with Crippen molar-refractivity contribution in [2.24, 2.45) is 11.8 Å². The molecule has 2 heterocycles. The van der Waals surface area contributed by atoms with E-state index in [0.717, 1.165) is 60.2 Å². The first-order valence-corrected chi connectivity index (χ1v) is 14.1. The Labute approximate surface area is 232 Å². The molecular formula is C33H39N2O4-. The van der Waals surface area contributed by atoms with Gasteiger partial charge in [-0.1, -0.05) is 37.3 Å². The highest BCUT2D eigenvalue weighted by Crippen LogP contribution is 2.48. The lowest BCUT2D eigenvalue weighted by molar-refractivity contribution is -0.311. The van der Waals surface area contributed by atoms with Gasteiger partial charge in [-0.25, -0.2) is 4.98 Å². The number of nitrogens with zero attached hydrogens (tertiary/aromatic N) is 2. The molecule has 6 nitrogen and oxygen atoms in total. The Morgan fingerprint density at radius 2 is 1.90 bits per heavy atom. The molecule has 1 fully saturated rings. The molecule has 1 aliphatic carbocycles. The van der Waals surface area contributed by atoms with Crippen molar-refractivity contribution in [2.45, 2.75) is 71.1 Å². The van der Waals surface area contributed by atoms with Crippen molar-refractivity contribution in [3.8, 4) is 22.8 Å². The number of ether oxygens (including phenoxy) is 2. The summed E-state index contributed by atoms with van der Waals surface area (Å²) in [6.45, 7) is 6.99. The predicted octanol–water partition coefficient (Wildman–Crippen LogP) is 5.54. The number of benzene rings is 2. The molecule has 6 heteroatoms. The van der Waals surface area contributed by atoms with Crippen molar-refractivity contribution in [1.29, 1.82) is 0 Å². The fourth-order valence-electron chi connectivity index (χ4n) is 5.77. The van der Waals surface area contributed by atoms with Crippen molar-refractivity contribution in [2.75, 3.05) is 14.2 Å². The van der Waals surface area contributed by atoms with E-state index in [-0.39, 0.29) is 12.0 Å². The molecule has 0 spiro atoms. The first kappa shape index (κ1) is 27.2. The predicted molar refractivity (Wildman–Crippen MR) is 151 cm³/mol. The smallest absolute Gasteiger partial charge is 0.213 e. The van der Waals surface area contributed by atoms with E-state index in [0.29, 0.717) is 17.8 Å². The van der Waals surface area contributed by atoms with Crippen LogP contribution >= 0.6 is 0 Å². The van der Waals surface area contributed by atoms with Gasteiger partial charge < -0.3 is 19.4 Å². The molecule has 206 valence electrons. The van der Waals surface area contributed by atoms with Gasteiger partial charge in [-0.2, -0.15) is 0 Å². The maximum Gasteiger partial charge on any atom is 0.213 e. The first-order chi connectivity index (χ1) is 18.7. The molecule has 2 aromatic carbocycles. The molecule has 0 amide bonds. The van der Waals surface area contributed by atoms with Gasteiger partial charge in [0.15, 0.2) is 0 Å². The summed E-state index contributed by atoms with van der Waals surface area (Å²) in [6, 6.07) is 17.4. The molecule has 2 aliphatic rings. The zero-order chi connectivity index (χ0) is 27.7. The number of carbonyl (C=O) groups is 1. The first-order valence-electron chi connectivity index (χ1n) is 14.1. The highest BCUT2D eigenvalue weighted by molar-refractivity contribution is 5.69. The molecule has 3 aromatic rings. The van der Waals surface area contributed by atoms with E-state index in [1.54, 1.807) is 20.2 Å². The Kier molecular flexibility index (Phi) is 7.94. The molecule has 1 unspecified atom stereocenters. The number of aromatic nitrogens is 1. The molecule has 0 bridgehead atoms. The fraction of sp³-hybridized carbons (Fsp3) is 0.455. The SMILES string of the molecule is COc1cc(-c2ccc(C3CCc4ccc([C@H](C5CC5)[C@H](C)C(=O)[O-])cc4O3)cc2CN(C)C(C)C)ccn1. The van der Waals surface area contributed by atoms with Crippen LogP contribution in [0.2, 0.25) is 0 Å². The molecule has 1 saturated carbocycles. The number of hydrogen-bond donors (Lipinski definition) is 0. The standard InChI is InChI=1S/C33H40N2O4/c1-20(2)35(4)19-27-16-25(10-12-28(27)24-14-15-34-31(18-24)38-5)29-13-11-22-6-9-26(17-30(22)39-29)32(23-7-8-23)21(3)33(36)37/h6,9-10,12,14-18,20-21,23,29,32H,7-8,11,13,19H2,1-5H3,(H,36,37)/p-1/t21-,29?,32-/m0/s1. The lowest BCUT2D eigenvalue weighted by Crippen LogP contribution is -2.34. The van der Waals surface area contributed by atoms with E-state index in [1.807, 2.05) is 12.1 Å². The van der Waals surface area contributed by atoms with Gasteiger partial charge in [-0.05, 0) is 104 Å². The zero-order valence-electron chi connectivity index (χ0n) is 23.6. The highest BCUT2D eigenvalue weighted by Gasteiger charge is 2.37. The van der Waals surface area contributed by atoms with Gasteiger partial charge >= 0.3 is 0 Å². The summed E-state index contributed by atoms with van der Waals surface area (Å²) < 4.78 is 12.0. The van der Waals surface area contributed by atoms with E-state index < -0.39 is 11.9 Å². The summed E-state index contributed by atoms with van der Waals surface area (Å²) in [4.78, 5) is 18.3. The number of pyridine rings is 1. The van der Waals surface area contributed by atoms with E-state index in [9.17, 15) is 9.90 Å². The number of methoxy groups -OCH3 is 1. The van der Waals surface area contributed by atoms with Crippen LogP contribution in [0.5, 0.6) is 11.6 Å². The number of rotatable bonds is 10. The average molecular weight is 528 g/mol. The number of aliphatic carboxylic acids is 1. The number of carbonyl (C=O) groups excluding carboxylic acids is 1. The van der Waals surface area contributed by atoms with Crippen molar-refractivity contribution < 1.29 is 19.4 Å². The van der Waals surface area contributed by atoms with E-state index in [1.165, 1.54) is 11.1 Å². The van der Waals surface area contributed by atoms with Gasteiger partial charge in [0.05, 0.1) is 7.11 Å². The third kappa shape index (κ3) is 5.96. The summed E-state index contributed by atoms with van der Waals surface area (Å²) in [5, 5.41) is 11.7. The monoisotopic (exact) mass is 527 g/mol. The van der Waals surface area contributed by atoms with Gasteiger partial charge in [0, 0.05) is 36.7 Å². The Balaban J connectivity index is 1.45. The minimum atomic E-state index is -0.978. The molecule has 1 aromatic heterocycles. The van der Waals surface area contributed by atoms with Gasteiger partial charge in [0.1, 0.15) is 11.9 Å². The zero-order valence-corrected chi connectivity index (χ0v) is 23.6. The highest BCUT2D eigenvalue weighted by atomic mass is 16.5. The fourth-order valence-corrected chi connectivity index (χ4v) is 5.77. The quantitative estimate of drug-likeness (QED) is 0.345. The van der Waals surface area contributed by atoms with Crippen LogP contribution < -0.4 is 14.6 Å². The van der Waals surface area contributed by atoms with Crippen molar-refractivity contribution >= 4 is 5.97 Å². The number of carboxylic acids is 1. The van der Waals surface area contributed by atoms with Gasteiger partial charge in [0.25, 0.3) is 0 Å². The average Bonchev–Trinajstić information content (AvgIpc) is 3.77. The molecule has 39 heavy (non-hydrogen) atoms. The third-order valence-corrected chi connectivity index (χ3v) is 8.52. The molecule has 0 saturated heterocycles. The Bertz CT molecular complexity index is 1330. The summed E-state index contributed by atoms with van der Waals surface area (Å²) in [5.74, 6) is 0.363. The molecule has 0 N–H and O–H groups in total. The van der Waals surface area contributed by atoms with Crippen LogP contribution in [0.25, 0.3) is 11.1 Å². The maximum absolute atomic E-state index is 11.7. The van der Waals surface area contributed by atoms with Crippen LogP contribution in [-0.4, -0.2) is 36.1 Å². The summed E-state index contributed by atoms with van der Waals surface area (Å²) in [6.07, 6.45) is 5.70. The lowest BCUT2D eigenvalue weighted by Gasteiger charge is -2.30. The largest absolute Gasteiger partial charge is 0.550 e. The second-order valence-electron chi connectivity index (χ2n) is 11.5. The van der Waals surface area contributed by atoms with E-state index in [2.05, 4.69) is 67.2 Å². The molecule has 1 aliphatic heterocycles. The third-order valence-electron chi connectivity index (χ3n) is 8.52. The van der Waals surface area contributed by atoms with Gasteiger partial charge in [0.2, 0.25) is 5.88 Å². The molecular weight excluding hydrogens is 488 g/mol. The molecule has 3 atom stereocenters. The Morgan fingerprint density at radius 1 is 1.10 bits per heavy atom. The van der Waals surface area contributed by atoms with Crippen LogP contribution in [0, 0.1) is 11.8 Å². The number of carboxylic acid groups (broad SMARTS) is 1. The normalized spacial score (nSPS) is 18.4. The van der Waals surface area contributed by atoms with Crippen LogP contribution in [0.15, 0.2) is 54.7 Å². The van der Waals surface area contributed by atoms with Gasteiger partial charge in [-0.15, -0.1) is 0 Å². The second-order valence-corrected chi connectivity index (χ2v) is 11.5. The maximum atomic E-state index is 11.7. The summed E-state index contributed by atoms with van der Waals surface area (Å²) in [7, 11) is 3.78. The van der Waals surface area contributed by atoms with E-state index >= 15 is 0 Å². The number of aryl methyl sites for hydroxylation is 1. The van der Waals surface area contributed by atoms with Crippen LogP contribution in [0.1, 0.15) is 74.3 Å². The van der Waals surface area contributed by atoms with E-state index in [4.69, 9.17) is 9.47 Å². The summed E-state index contributed by atoms with van der Waals surface area (Å²) in [5.41, 5.74) is 6.87. The lowest BCUT2D eigenvalue weighted by atomic mass is 9.82. The summed E-state index contributed by atoms with van der Waals surface area (Å²) >= 11 is 0. The van der Waals surface area contributed by atoms with Crippen molar-refractivity contribution in [1.82, 2.24) is 9.88 Å². The molecule has 0 radical (unpaired) electrons. The van der Waals surface area contributed by atoms with Crippen molar-refractivity contribution in [3.05, 3.63) is 77.0 Å². The minimum absolute atomic E-state index is 0.0286. The van der Waals surface area contributed by atoms with Gasteiger partial charge in [-0.3, -0.25) is 4.90 Å². The molecule has 5 rings (SSSR count). The van der Waals surface area contributed by atoms with Crippen LogP contribution in [0.3, 0.4) is 0 Å².